The largest absolute Gasteiger partial charge is 0.368 e. The number of nitrogens with zero attached hydrogens (tertiary/aromatic N) is 3. The summed E-state index contributed by atoms with van der Waals surface area (Å²) in [5.41, 5.74) is 1.46. The van der Waals surface area contributed by atoms with Crippen molar-refractivity contribution in [1.82, 2.24) is 4.90 Å². The zero-order valence-electron chi connectivity index (χ0n) is 12.6. The van der Waals surface area contributed by atoms with Crippen molar-refractivity contribution in [3.05, 3.63) is 70.3 Å². The number of hydrogen-bond donors (Lipinski definition) is 0. The minimum absolute atomic E-state index is 0.0567. The Hall–Kier alpha value is -2.89. The predicted octanol–water partition coefficient (Wildman–Crippen LogP) is 2.56. The van der Waals surface area contributed by atoms with E-state index in [1.54, 1.807) is 17.0 Å². The van der Waals surface area contributed by atoms with Crippen LogP contribution < -0.4 is 4.90 Å². The molecule has 0 unspecified atom stereocenters. The van der Waals surface area contributed by atoms with Crippen LogP contribution in [-0.2, 0) is 0 Å². The third-order valence-electron chi connectivity index (χ3n) is 3.99. The van der Waals surface area contributed by atoms with Crippen LogP contribution in [0.2, 0.25) is 0 Å². The number of benzene rings is 2. The predicted molar refractivity (Wildman–Crippen MR) is 87.7 cm³/mol. The standard InChI is InChI=1S/C17H17N3O3/c21-17(14-5-4-8-16(13-14)20(22)23)19-11-9-18(10-12-19)15-6-2-1-3-7-15/h1-8,13H,9-12H2. The molecule has 1 fully saturated rings. The van der Waals surface area contributed by atoms with Gasteiger partial charge in [-0.3, -0.25) is 14.9 Å². The van der Waals surface area contributed by atoms with Crippen molar-refractivity contribution in [3.8, 4) is 0 Å². The van der Waals surface area contributed by atoms with Gasteiger partial charge in [0.2, 0.25) is 0 Å². The zero-order chi connectivity index (χ0) is 16.2. The number of rotatable bonds is 3. The highest BCUT2D eigenvalue weighted by atomic mass is 16.6. The van der Waals surface area contributed by atoms with E-state index in [2.05, 4.69) is 17.0 Å². The Bertz CT molecular complexity index is 710. The summed E-state index contributed by atoms with van der Waals surface area (Å²) in [6, 6.07) is 16.0. The maximum atomic E-state index is 12.5. The third kappa shape index (κ3) is 3.31. The molecule has 0 bridgehead atoms. The topological polar surface area (TPSA) is 66.7 Å². The molecular formula is C17H17N3O3. The molecule has 0 atom stereocenters. The highest BCUT2D eigenvalue weighted by Gasteiger charge is 2.23. The number of amides is 1. The fraction of sp³-hybridized carbons (Fsp3) is 0.235. The monoisotopic (exact) mass is 311 g/mol. The van der Waals surface area contributed by atoms with Crippen LogP contribution in [0.4, 0.5) is 11.4 Å². The number of hydrogen-bond acceptors (Lipinski definition) is 4. The summed E-state index contributed by atoms with van der Waals surface area (Å²) in [6.07, 6.45) is 0. The first kappa shape index (κ1) is 15.0. The van der Waals surface area contributed by atoms with E-state index in [0.717, 1.165) is 18.8 Å². The summed E-state index contributed by atoms with van der Waals surface area (Å²) in [4.78, 5) is 26.8. The molecule has 0 aromatic heterocycles. The number of piperazine rings is 1. The van der Waals surface area contributed by atoms with Crippen LogP contribution in [-0.4, -0.2) is 41.9 Å². The lowest BCUT2D eigenvalue weighted by molar-refractivity contribution is -0.384. The van der Waals surface area contributed by atoms with Crippen molar-refractivity contribution < 1.29 is 9.72 Å². The Labute approximate surface area is 134 Å². The number of para-hydroxylation sites is 1. The molecule has 6 heteroatoms. The molecule has 0 radical (unpaired) electrons. The van der Waals surface area contributed by atoms with Gasteiger partial charge in [0, 0.05) is 49.6 Å². The summed E-state index contributed by atoms with van der Waals surface area (Å²) in [5, 5.41) is 10.8. The molecule has 118 valence electrons. The second-order valence-electron chi connectivity index (χ2n) is 5.42. The lowest BCUT2D eigenvalue weighted by Crippen LogP contribution is -2.48. The maximum Gasteiger partial charge on any atom is 0.270 e. The van der Waals surface area contributed by atoms with Crippen molar-refractivity contribution >= 4 is 17.3 Å². The van der Waals surface area contributed by atoms with Crippen LogP contribution in [0, 0.1) is 10.1 Å². The summed E-state index contributed by atoms with van der Waals surface area (Å²) in [5.74, 6) is -0.151. The minimum atomic E-state index is -0.482. The van der Waals surface area contributed by atoms with Gasteiger partial charge in [-0.1, -0.05) is 24.3 Å². The molecule has 1 aliphatic heterocycles. The fourth-order valence-electron chi connectivity index (χ4n) is 2.74. The van der Waals surface area contributed by atoms with Gasteiger partial charge in [0.25, 0.3) is 11.6 Å². The Morgan fingerprint density at radius 3 is 2.30 bits per heavy atom. The zero-order valence-corrected chi connectivity index (χ0v) is 12.6. The van der Waals surface area contributed by atoms with Crippen molar-refractivity contribution in [2.75, 3.05) is 31.1 Å². The molecule has 1 amide bonds. The first-order valence-corrected chi connectivity index (χ1v) is 7.49. The SMILES string of the molecule is O=C(c1cccc([N+](=O)[O-])c1)N1CCN(c2ccccc2)CC1. The van der Waals surface area contributed by atoms with Gasteiger partial charge in [0.15, 0.2) is 0 Å². The van der Waals surface area contributed by atoms with E-state index in [-0.39, 0.29) is 11.6 Å². The van der Waals surface area contributed by atoms with Gasteiger partial charge in [-0.05, 0) is 18.2 Å². The van der Waals surface area contributed by atoms with E-state index in [9.17, 15) is 14.9 Å². The Morgan fingerprint density at radius 2 is 1.65 bits per heavy atom. The van der Waals surface area contributed by atoms with E-state index < -0.39 is 4.92 Å². The fourth-order valence-corrected chi connectivity index (χ4v) is 2.74. The van der Waals surface area contributed by atoms with Crippen LogP contribution in [0.25, 0.3) is 0 Å². The molecule has 6 nitrogen and oxygen atoms in total. The number of anilines is 1. The van der Waals surface area contributed by atoms with Gasteiger partial charge >= 0.3 is 0 Å². The molecule has 2 aromatic rings. The van der Waals surface area contributed by atoms with E-state index in [1.165, 1.54) is 12.1 Å². The van der Waals surface area contributed by atoms with Gasteiger partial charge in [0.05, 0.1) is 4.92 Å². The molecule has 1 heterocycles. The normalized spacial score (nSPS) is 14.6. The summed E-state index contributed by atoms with van der Waals surface area (Å²) < 4.78 is 0. The molecule has 1 saturated heterocycles. The smallest absolute Gasteiger partial charge is 0.270 e. The average Bonchev–Trinajstić information content (AvgIpc) is 2.62. The van der Waals surface area contributed by atoms with E-state index in [4.69, 9.17) is 0 Å². The second-order valence-corrected chi connectivity index (χ2v) is 5.42. The lowest BCUT2D eigenvalue weighted by Gasteiger charge is -2.36. The van der Waals surface area contributed by atoms with Gasteiger partial charge in [-0.15, -0.1) is 0 Å². The van der Waals surface area contributed by atoms with Crippen molar-refractivity contribution in [3.63, 3.8) is 0 Å². The number of nitro groups is 1. The maximum absolute atomic E-state index is 12.5. The first-order valence-electron chi connectivity index (χ1n) is 7.49. The number of nitro benzene ring substituents is 1. The Kier molecular flexibility index (Phi) is 4.23. The average molecular weight is 311 g/mol. The highest BCUT2D eigenvalue weighted by molar-refractivity contribution is 5.95. The second kappa shape index (κ2) is 6.48. The van der Waals surface area contributed by atoms with Crippen molar-refractivity contribution in [2.24, 2.45) is 0 Å². The van der Waals surface area contributed by atoms with Crippen molar-refractivity contribution in [2.45, 2.75) is 0 Å². The molecular weight excluding hydrogens is 294 g/mol. The first-order chi connectivity index (χ1) is 11.1. The molecule has 0 saturated carbocycles. The molecule has 0 spiro atoms. The number of carbonyl (C=O) groups excluding carboxylic acids is 1. The van der Waals surface area contributed by atoms with Gasteiger partial charge in [-0.2, -0.15) is 0 Å². The highest BCUT2D eigenvalue weighted by Crippen LogP contribution is 2.18. The van der Waals surface area contributed by atoms with Gasteiger partial charge in [0.1, 0.15) is 0 Å². The van der Waals surface area contributed by atoms with Crippen LogP contribution in [0.15, 0.2) is 54.6 Å². The van der Waals surface area contributed by atoms with E-state index >= 15 is 0 Å². The molecule has 1 aliphatic rings. The Morgan fingerprint density at radius 1 is 0.957 bits per heavy atom. The van der Waals surface area contributed by atoms with Crippen LogP contribution in [0.5, 0.6) is 0 Å². The number of non-ortho nitro benzene ring substituents is 1. The van der Waals surface area contributed by atoms with Crippen LogP contribution in [0.3, 0.4) is 0 Å². The summed E-state index contributed by atoms with van der Waals surface area (Å²) >= 11 is 0. The molecule has 2 aromatic carbocycles. The quantitative estimate of drug-likeness (QED) is 0.645. The van der Waals surface area contributed by atoms with Crippen LogP contribution >= 0.6 is 0 Å². The summed E-state index contributed by atoms with van der Waals surface area (Å²) in [7, 11) is 0. The van der Waals surface area contributed by atoms with E-state index in [1.807, 2.05) is 18.2 Å². The van der Waals surface area contributed by atoms with E-state index in [0.29, 0.717) is 18.7 Å². The molecule has 0 N–H and O–H groups in total. The lowest BCUT2D eigenvalue weighted by atomic mass is 10.1. The van der Waals surface area contributed by atoms with Crippen LogP contribution in [0.1, 0.15) is 10.4 Å². The molecule has 0 aliphatic carbocycles. The van der Waals surface area contributed by atoms with Crippen molar-refractivity contribution in [1.29, 1.82) is 0 Å². The van der Waals surface area contributed by atoms with Gasteiger partial charge < -0.3 is 9.80 Å². The molecule has 23 heavy (non-hydrogen) atoms. The minimum Gasteiger partial charge on any atom is -0.368 e. The van der Waals surface area contributed by atoms with Gasteiger partial charge in [-0.25, -0.2) is 0 Å². The summed E-state index contributed by atoms with van der Waals surface area (Å²) in [6.45, 7) is 2.72. The third-order valence-corrected chi connectivity index (χ3v) is 3.99. The molecule has 3 rings (SSSR count). The number of carbonyl (C=O) groups is 1. The Balaban J connectivity index is 1.66.